The molecule has 1 atom stereocenters. The van der Waals surface area contributed by atoms with Gasteiger partial charge in [-0.15, -0.1) is 0 Å². The highest BCUT2D eigenvalue weighted by Gasteiger charge is 2.32. The molecular weight excluding hydrogens is 356 g/mol. The van der Waals surface area contributed by atoms with Crippen LogP contribution in [0.25, 0.3) is 0 Å². The maximum atomic E-state index is 12.5. The van der Waals surface area contributed by atoms with Crippen LogP contribution >= 0.6 is 0 Å². The lowest BCUT2D eigenvalue weighted by Gasteiger charge is -2.37. The van der Waals surface area contributed by atoms with Crippen molar-refractivity contribution >= 4 is 12.0 Å². The Morgan fingerprint density at radius 2 is 1.71 bits per heavy atom. The number of piperazine rings is 1. The van der Waals surface area contributed by atoms with Crippen molar-refractivity contribution in [3.63, 3.8) is 0 Å². The number of benzene rings is 1. The van der Waals surface area contributed by atoms with Crippen molar-refractivity contribution in [2.45, 2.75) is 32.9 Å². The van der Waals surface area contributed by atoms with Gasteiger partial charge in [0.2, 0.25) is 0 Å². The molecule has 2 N–H and O–H groups in total. The van der Waals surface area contributed by atoms with Gasteiger partial charge in [0.05, 0.1) is 18.2 Å². The minimum absolute atomic E-state index is 0.252. The molecule has 1 saturated heterocycles. The van der Waals surface area contributed by atoms with Gasteiger partial charge in [0, 0.05) is 45.0 Å². The van der Waals surface area contributed by atoms with Gasteiger partial charge in [-0.3, -0.25) is 9.80 Å². The SMILES string of the molecule is CCOC(=O)C1=C(CN2CCN(Cc3ccccc3)CC2)NC(=O)NC1CC. The number of esters is 1. The fourth-order valence-electron chi connectivity index (χ4n) is 3.76. The quantitative estimate of drug-likeness (QED) is 0.698. The fraction of sp³-hybridized carbons (Fsp3) is 0.524. The molecule has 2 aliphatic rings. The number of hydrogen-bond acceptors (Lipinski definition) is 5. The van der Waals surface area contributed by atoms with Crippen LogP contribution in [0, 0.1) is 0 Å². The average molecular weight is 386 g/mol. The Morgan fingerprint density at radius 1 is 1.07 bits per heavy atom. The molecule has 3 rings (SSSR count). The van der Waals surface area contributed by atoms with Gasteiger partial charge in [-0.25, -0.2) is 9.59 Å². The average Bonchev–Trinajstić information content (AvgIpc) is 2.70. The highest BCUT2D eigenvalue weighted by molar-refractivity contribution is 5.94. The largest absolute Gasteiger partial charge is 0.463 e. The third-order valence-electron chi connectivity index (χ3n) is 5.24. The summed E-state index contributed by atoms with van der Waals surface area (Å²) in [4.78, 5) is 29.2. The van der Waals surface area contributed by atoms with Crippen molar-refractivity contribution in [1.29, 1.82) is 0 Å². The Kier molecular flexibility index (Phi) is 7.06. The number of hydrogen-bond donors (Lipinski definition) is 2. The number of amides is 2. The van der Waals surface area contributed by atoms with Crippen molar-refractivity contribution in [2.75, 3.05) is 39.3 Å². The van der Waals surface area contributed by atoms with Gasteiger partial charge in [0.1, 0.15) is 0 Å². The van der Waals surface area contributed by atoms with Gasteiger partial charge in [-0.2, -0.15) is 0 Å². The first-order valence-electron chi connectivity index (χ1n) is 10.1. The number of carbonyl (C=O) groups excluding carboxylic acids is 2. The van der Waals surface area contributed by atoms with E-state index in [0.717, 1.165) is 32.7 Å². The molecule has 1 aromatic carbocycles. The molecule has 0 radical (unpaired) electrons. The van der Waals surface area contributed by atoms with E-state index in [-0.39, 0.29) is 18.0 Å². The zero-order chi connectivity index (χ0) is 19.9. The van der Waals surface area contributed by atoms with Crippen LogP contribution in [-0.4, -0.2) is 67.2 Å². The second kappa shape index (κ2) is 9.71. The van der Waals surface area contributed by atoms with E-state index in [0.29, 0.717) is 30.8 Å². The van der Waals surface area contributed by atoms with E-state index in [2.05, 4.69) is 44.7 Å². The monoisotopic (exact) mass is 386 g/mol. The summed E-state index contributed by atoms with van der Waals surface area (Å²) >= 11 is 0. The summed E-state index contributed by atoms with van der Waals surface area (Å²) in [6.45, 7) is 9.27. The van der Waals surface area contributed by atoms with Crippen molar-refractivity contribution in [3.8, 4) is 0 Å². The van der Waals surface area contributed by atoms with Crippen molar-refractivity contribution < 1.29 is 14.3 Å². The van der Waals surface area contributed by atoms with Crippen LogP contribution in [0.15, 0.2) is 41.6 Å². The smallest absolute Gasteiger partial charge is 0.337 e. The first kappa shape index (κ1) is 20.4. The summed E-state index contributed by atoms with van der Waals surface area (Å²) in [6, 6.07) is 9.92. The predicted octanol–water partition coefficient (Wildman–Crippen LogP) is 1.71. The van der Waals surface area contributed by atoms with E-state index in [9.17, 15) is 9.59 Å². The maximum absolute atomic E-state index is 12.5. The van der Waals surface area contributed by atoms with Crippen LogP contribution in [0.5, 0.6) is 0 Å². The number of nitrogens with one attached hydrogen (secondary N) is 2. The van der Waals surface area contributed by atoms with Crippen molar-refractivity contribution in [3.05, 3.63) is 47.2 Å². The van der Waals surface area contributed by atoms with E-state index in [1.165, 1.54) is 5.56 Å². The lowest BCUT2D eigenvalue weighted by Crippen LogP contribution is -2.53. The topological polar surface area (TPSA) is 73.9 Å². The maximum Gasteiger partial charge on any atom is 0.337 e. The first-order chi connectivity index (χ1) is 13.6. The van der Waals surface area contributed by atoms with E-state index in [1.54, 1.807) is 6.92 Å². The molecule has 7 nitrogen and oxygen atoms in total. The van der Waals surface area contributed by atoms with Gasteiger partial charge in [0.15, 0.2) is 0 Å². The third-order valence-corrected chi connectivity index (χ3v) is 5.24. The highest BCUT2D eigenvalue weighted by Crippen LogP contribution is 2.19. The Hall–Kier alpha value is -2.38. The molecule has 0 aliphatic carbocycles. The van der Waals surface area contributed by atoms with Crippen LogP contribution in [0.4, 0.5) is 4.79 Å². The molecule has 0 saturated carbocycles. The molecule has 1 fully saturated rings. The fourth-order valence-corrected chi connectivity index (χ4v) is 3.76. The zero-order valence-corrected chi connectivity index (χ0v) is 16.7. The van der Waals surface area contributed by atoms with Crippen LogP contribution < -0.4 is 10.6 Å². The van der Waals surface area contributed by atoms with Gasteiger partial charge in [-0.05, 0) is 18.9 Å². The van der Waals surface area contributed by atoms with Crippen LogP contribution in [0.3, 0.4) is 0 Å². The highest BCUT2D eigenvalue weighted by atomic mass is 16.5. The number of ether oxygens (including phenoxy) is 1. The summed E-state index contributed by atoms with van der Waals surface area (Å²) in [6.07, 6.45) is 0.649. The second-order valence-corrected chi connectivity index (χ2v) is 7.21. The van der Waals surface area contributed by atoms with E-state index >= 15 is 0 Å². The van der Waals surface area contributed by atoms with E-state index in [4.69, 9.17) is 4.74 Å². The van der Waals surface area contributed by atoms with Crippen LogP contribution in [0.1, 0.15) is 25.8 Å². The minimum atomic E-state index is -0.348. The Morgan fingerprint density at radius 3 is 2.32 bits per heavy atom. The normalized spacial score (nSPS) is 21.2. The van der Waals surface area contributed by atoms with Crippen molar-refractivity contribution in [1.82, 2.24) is 20.4 Å². The second-order valence-electron chi connectivity index (χ2n) is 7.21. The lowest BCUT2D eigenvalue weighted by atomic mass is 10.00. The van der Waals surface area contributed by atoms with Crippen LogP contribution in [-0.2, 0) is 16.1 Å². The summed E-state index contributed by atoms with van der Waals surface area (Å²) < 4.78 is 5.24. The van der Waals surface area contributed by atoms with Crippen LogP contribution in [0.2, 0.25) is 0 Å². The third kappa shape index (κ3) is 5.11. The molecule has 152 valence electrons. The number of urea groups is 1. The zero-order valence-electron chi connectivity index (χ0n) is 16.7. The molecule has 0 spiro atoms. The number of carbonyl (C=O) groups is 2. The van der Waals surface area contributed by atoms with E-state index in [1.807, 2.05) is 13.0 Å². The molecule has 7 heteroatoms. The molecule has 0 aromatic heterocycles. The molecule has 2 heterocycles. The summed E-state index contributed by atoms with van der Waals surface area (Å²) in [5, 5.41) is 5.66. The first-order valence-corrected chi connectivity index (χ1v) is 10.1. The number of nitrogens with zero attached hydrogens (tertiary/aromatic N) is 2. The molecule has 2 aliphatic heterocycles. The lowest BCUT2D eigenvalue weighted by molar-refractivity contribution is -0.139. The van der Waals surface area contributed by atoms with Gasteiger partial charge in [0.25, 0.3) is 0 Å². The molecule has 28 heavy (non-hydrogen) atoms. The Bertz CT molecular complexity index is 712. The van der Waals surface area contributed by atoms with E-state index < -0.39 is 0 Å². The van der Waals surface area contributed by atoms with Gasteiger partial charge < -0.3 is 15.4 Å². The molecule has 2 amide bonds. The summed E-state index contributed by atoms with van der Waals surface area (Å²) in [5.74, 6) is -0.348. The van der Waals surface area contributed by atoms with Crippen molar-refractivity contribution in [2.24, 2.45) is 0 Å². The summed E-state index contributed by atoms with van der Waals surface area (Å²) in [7, 11) is 0. The standard InChI is InChI=1S/C21H30N4O3/c1-3-17-19(20(26)28-4-2)18(23-21(27)22-17)15-25-12-10-24(11-13-25)14-16-8-6-5-7-9-16/h5-9,17H,3-4,10-15H2,1-2H3,(H2,22,23,27). The molecule has 1 aromatic rings. The minimum Gasteiger partial charge on any atom is -0.463 e. The molecular formula is C21H30N4O3. The van der Waals surface area contributed by atoms with Gasteiger partial charge >= 0.3 is 12.0 Å². The Labute approximate surface area is 166 Å². The Balaban J connectivity index is 1.63. The predicted molar refractivity (Wildman–Crippen MR) is 108 cm³/mol. The van der Waals surface area contributed by atoms with Gasteiger partial charge in [-0.1, -0.05) is 37.3 Å². The molecule has 1 unspecified atom stereocenters. The summed E-state index contributed by atoms with van der Waals surface area (Å²) in [5.41, 5.74) is 2.54. The number of rotatable bonds is 7. The molecule has 0 bridgehead atoms.